The Labute approximate surface area is 211 Å². The molecule has 2 nitrogen and oxygen atoms in total. The summed E-state index contributed by atoms with van der Waals surface area (Å²) in [6.45, 7) is 12.1. The summed E-state index contributed by atoms with van der Waals surface area (Å²) < 4.78 is 36.8. The van der Waals surface area contributed by atoms with Gasteiger partial charge >= 0.3 is 6.98 Å². The maximum atomic E-state index is 11.8. The molecule has 1 unspecified atom stereocenters. The molecule has 206 valence electrons. The first-order valence-corrected chi connectivity index (χ1v) is 14.6. The molecule has 0 aromatic heterocycles. The molecule has 0 heterocycles. The number of allylic oxidation sites excluding steroid dienone is 1. The fraction of sp³-hybridized carbons (Fsp3) is 0.929. The summed E-state index contributed by atoms with van der Waals surface area (Å²) in [6, 6.07) is 0. The number of halogens is 3. The van der Waals surface area contributed by atoms with E-state index in [9.17, 15) is 12.9 Å². The lowest BCUT2D eigenvalue weighted by molar-refractivity contribution is -0.929. The van der Waals surface area contributed by atoms with Crippen molar-refractivity contribution in [2.75, 3.05) is 26.2 Å². The number of rotatable bonds is 22. The van der Waals surface area contributed by atoms with E-state index in [1.54, 1.807) is 6.92 Å². The SMILES string of the molecule is CC(O)CCCCCCCC/C=C/[B-](F)(F)F.CCCC[N+](CCCC)(CCCC)CCCC. The van der Waals surface area contributed by atoms with Crippen molar-refractivity contribution in [3.63, 3.8) is 0 Å². The Kier molecular flexibility index (Phi) is 25.4. The summed E-state index contributed by atoms with van der Waals surface area (Å²) in [5.41, 5.74) is 0. The highest BCUT2D eigenvalue weighted by Gasteiger charge is 2.24. The van der Waals surface area contributed by atoms with Crippen molar-refractivity contribution in [2.45, 2.75) is 143 Å². The summed E-state index contributed by atoms with van der Waals surface area (Å²) >= 11 is 0. The van der Waals surface area contributed by atoms with Gasteiger partial charge in [-0.15, -0.1) is 12.1 Å². The fourth-order valence-electron chi connectivity index (χ4n) is 4.30. The molecular formula is C28H59BF3NO. The Morgan fingerprint density at radius 2 is 1.03 bits per heavy atom. The zero-order valence-electron chi connectivity index (χ0n) is 23.5. The zero-order chi connectivity index (χ0) is 26.1. The van der Waals surface area contributed by atoms with E-state index in [4.69, 9.17) is 5.11 Å². The van der Waals surface area contributed by atoms with Gasteiger partial charge in [0.05, 0.1) is 32.3 Å². The highest BCUT2D eigenvalue weighted by atomic mass is 19.4. The van der Waals surface area contributed by atoms with Crippen molar-refractivity contribution < 1.29 is 22.5 Å². The molecule has 0 saturated carbocycles. The van der Waals surface area contributed by atoms with E-state index < -0.39 is 6.98 Å². The van der Waals surface area contributed by atoms with Crippen molar-refractivity contribution in [3.05, 3.63) is 12.1 Å². The van der Waals surface area contributed by atoms with Gasteiger partial charge in [0, 0.05) is 0 Å². The maximum absolute atomic E-state index is 11.8. The molecule has 0 saturated heterocycles. The highest BCUT2D eigenvalue weighted by Crippen LogP contribution is 2.16. The van der Waals surface area contributed by atoms with Crippen LogP contribution >= 0.6 is 0 Å². The normalized spacial score (nSPS) is 13.2. The van der Waals surface area contributed by atoms with Gasteiger partial charge in [-0.1, -0.05) is 85.5 Å². The van der Waals surface area contributed by atoms with E-state index in [2.05, 4.69) is 27.7 Å². The molecule has 0 radical (unpaired) electrons. The number of unbranched alkanes of at least 4 members (excludes halogenated alkanes) is 10. The maximum Gasteiger partial charge on any atom is 0.502 e. The molecule has 1 atom stereocenters. The first-order chi connectivity index (χ1) is 16.2. The average Bonchev–Trinajstić information content (AvgIpc) is 2.79. The Morgan fingerprint density at radius 3 is 1.38 bits per heavy atom. The Bertz CT molecular complexity index is 404. The third kappa shape index (κ3) is 26.1. The van der Waals surface area contributed by atoms with Crippen LogP contribution in [-0.4, -0.2) is 48.8 Å². The predicted octanol–water partition coefficient (Wildman–Crippen LogP) is 9.43. The smallest absolute Gasteiger partial charge is 0.445 e. The molecule has 0 bridgehead atoms. The minimum atomic E-state index is -4.75. The van der Waals surface area contributed by atoms with Crippen molar-refractivity contribution in [2.24, 2.45) is 0 Å². The zero-order valence-corrected chi connectivity index (χ0v) is 23.5. The lowest BCUT2D eigenvalue weighted by Gasteiger charge is -2.39. The fourth-order valence-corrected chi connectivity index (χ4v) is 4.30. The molecule has 0 amide bonds. The molecule has 0 fully saturated rings. The predicted molar refractivity (Wildman–Crippen MR) is 146 cm³/mol. The van der Waals surface area contributed by atoms with E-state index in [1.165, 1.54) is 88.1 Å². The van der Waals surface area contributed by atoms with Crippen LogP contribution in [0, 0.1) is 0 Å². The van der Waals surface area contributed by atoms with Gasteiger partial charge in [0.2, 0.25) is 0 Å². The molecular weight excluding hydrogens is 434 g/mol. The summed E-state index contributed by atoms with van der Waals surface area (Å²) in [4.78, 5) is 0. The summed E-state index contributed by atoms with van der Waals surface area (Å²) in [7, 11) is 0. The molecule has 34 heavy (non-hydrogen) atoms. The van der Waals surface area contributed by atoms with Gasteiger partial charge in [0.15, 0.2) is 0 Å². The van der Waals surface area contributed by atoms with Crippen LogP contribution in [0.25, 0.3) is 0 Å². The molecule has 0 aromatic carbocycles. The van der Waals surface area contributed by atoms with E-state index in [1.807, 2.05) is 0 Å². The van der Waals surface area contributed by atoms with Crippen molar-refractivity contribution >= 4 is 6.98 Å². The van der Waals surface area contributed by atoms with Gasteiger partial charge in [-0.3, -0.25) is 0 Å². The third-order valence-corrected chi connectivity index (χ3v) is 6.54. The number of aliphatic hydroxyl groups is 1. The minimum absolute atomic E-state index is 0.218. The van der Waals surface area contributed by atoms with Gasteiger partial charge in [-0.05, 0) is 51.9 Å². The highest BCUT2D eigenvalue weighted by molar-refractivity contribution is 6.64. The monoisotopic (exact) mass is 493 g/mol. The number of aliphatic hydroxyl groups excluding tert-OH is 1. The van der Waals surface area contributed by atoms with Gasteiger partial charge in [-0.25, -0.2) is 0 Å². The first kappa shape index (κ1) is 35.7. The van der Waals surface area contributed by atoms with Crippen LogP contribution in [0.15, 0.2) is 12.1 Å². The summed E-state index contributed by atoms with van der Waals surface area (Å²) in [6.07, 6.45) is 19.6. The van der Waals surface area contributed by atoms with Crippen molar-refractivity contribution in [1.82, 2.24) is 0 Å². The van der Waals surface area contributed by atoms with E-state index >= 15 is 0 Å². The second kappa shape index (κ2) is 24.2. The number of hydrogen-bond donors (Lipinski definition) is 1. The number of hydrogen-bond acceptors (Lipinski definition) is 1. The molecule has 6 heteroatoms. The van der Waals surface area contributed by atoms with Crippen LogP contribution in [0.2, 0.25) is 0 Å². The Hall–Kier alpha value is -0.485. The van der Waals surface area contributed by atoms with E-state index in [-0.39, 0.29) is 6.10 Å². The topological polar surface area (TPSA) is 20.2 Å². The lowest BCUT2D eigenvalue weighted by Crippen LogP contribution is -2.50. The van der Waals surface area contributed by atoms with Crippen LogP contribution in [0.1, 0.15) is 137 Å². The average molecular weight is 494 g/mol. The molecule has 0 aliphatic carbocycles. The molecule has 1 N–H and O–H groups in total. The lowest BCUT2D eigenvalue weighted by atomic mass is 9.91. The first-order valence-electron chi connectivity index (χ1n) is 14.6. The molecule has 0 aliphatic rings. The van der Waals surface area contributed by atoms with E-state index in [0.29, 0.717) is 12.4 Å². The van der Waals surface area contributed by atoms with Gasteiger partial charge < -0.3 is 22.5 Å². The molecule has 0 rings (SSSR count). The van der Waals surface area contributed by atoms with Crippen LogP contribution in [0.5, 0.6) is 0 Å². The number of quaternary nitrogens is 1. The van der Waals surface area contributed by atoms with Gasteiger partial charge in [-0.2, -0.15) is 0 Å². The number of nitrogens with zero attached hydrogens (tertiary/aromatic N) is 1. The van der Waals surface area contributed by atoms with Crippen LogP contribution in [-0.2, 0) is 0 Å². The third-order valence-electron chi connectivity index (χ3n) is 6.54. The van der Waals surface area contributed by atoms with Crippen LogP contribution in [0.4, 0.5) is 12.9 Å². The largest absolute Gasteiger partial charge is 0.502 e. The second-order valence-electron chi connectivity index (χ2n) is 10.3. The molecule has 0 aromatic rings. The summed E-state index contributed by atoms with van der Waals surface area (Å²) in [5, 5.41) is 9.02. The van der Waals surface area contributed by atoms with Crippen molar-refractivity contribution in [1.29, 1.82) is 0 Å². The molecule has 0 aliphatic heterocycles. The van der Waals surface area contributed by atoms with Crippen molar-refractivity contribution in [3.8, 4) is 0 Å². The van der Waals surface area contributed by atoms with Gasteiger partial charge in [0.1, 0.15) is 0 Å². The standard InChI is InChI=1S/C16H36N.C12H23BF3O/c1-5-9-13-17(14-10-6-2,15-11-7-3)16-12-8-4;1-12(17)10-8-6-4-2-3-5-7-9-11-13(14,15)16/h5-16H2,1-4H3;9,11-12,17H,2-8,10H2,1H3/q+1;-1/b;11-9+. The minimum Gasteiger partial charge on any atom is -0.445 e. The van der Waals surface area contributed by atoms with Crippen LogP contribution < -0.4 is 0 Å². The quantitative estimate of drug-likeness (QED) is 0.0905. The summed E-state index contributed by atoms with van der Waals surface area (Å²) in [5.74, 6) is 0.378. The molecule has 0 spiro atoms. The Balaban J connectivity index is 0. The second-order valence-corrected chi connectivity index (χ2v) is 10.3. The van der Waals surface area contributed by atoms with Crippen LogP contribution in [0.3, 0.4) is 0 Å². The van der Waals surface area contributed by atoms with E-state index in [0.717, 1.165) is 44.9 Å². The van der Waals surface area contributed by atoms with Gasteiger partial charge in [0.25, 0.3) is 0 Å². The Morgan fingerprint density at radius 1 is 0.647 bits per heavy atom.